The molecule has 6 rings (SSSR count). The van der Waals surface area contributed by atoms with Crippen LogP contribution in [0.3, 0.4) is 0 Å². The predicted molar refractivity (Wildman–Crippen MR) is 136 cm³/mol. The predicted octanol–water partition coefficient (Wildman–Crippen LogP) is 7.13. The minimum Gasteiger partial charge on any atom is -0.378 e. The summed E-state index contributed by atoms with van der Waals surface area (Å²) in [5.74, 6) is 4.54. The van der Waals surface area contributed by atoms with E-state index in [9.17, 15) is 0 Å². The van der Waals surface area contributed by atoms with Crippen LogP contribution in [0.4, 0.5) is 0 Å². The van der Waals surface area contributed by atoms with Gasteiger partial charge in [-0.05, 0) is 117 Å². The Labute approximate surface area is 206 Å². The highest BCUT2D eigenvalue weighted by molar-refractivity contribution is 5.26. The van der Waals surface area contributed by atoms with Gasteiger partial charge >= 0.3 is 0 Å². The summed E-state index contributed by atoms with van der Waals surface area (Å²) in [6.07, 6.45) is 17.6. The molecule has 4 aliphatic carbocycles. The fourth-order valence-electron chi connectivity index (χ4n) is 10.7. The molecule has 5 nitrogen and oxygen atoms in total. The highest BCUT2D eigenvalue weighted by Gasteiger charge is 2.66. The molecule has 0 radical (unpaired) electrons. The van der Waals surface area contributed by atoms with E-state index in [0.29, 0.717) is 23.5 Å². The first-order valence-corrected chi connectivity index (χ1v) is 14.5. The van der Waals surface area contributed by atoms with Crippen LogP contribution in [0.25, 0.3) is 10.4 Å². The van der Waals surface area contributed by atoms with E-state index >= 15 is 0 Å². The van der Waals surface area contributed by atoms with Crippen molar-refractivity contribution in [2.75, 3.05) is 19.7 Å². The van der Waals surface area contributed by atoms with E-state index in [1.54, 1.807) is 5.57 Å². The number of hydrogen-bond donors (Lipinski definition) is 0. The first-order chi connectivity index (χ1) is 16.5. The topological polar surface area (TPSA) is 61.2 Å². The summed E-state index contributed by atoms with van der Waals surface area (Å²) in [7, 11) is 0. The van der Waals surface area contributed by atoms with Crippen molar-refractivity contribution in [3.8, 4) is 0 Å². The molecule has 0 aromatic heterocycles. The lowest BCUT2D eigenvalue weighted by molar-refractivity contribution is -0.0638. The molecule has 188 valence electrons. The fraction of sp³-hybridized carbons (Fsp3) is 0.931. The number of piperidine rings is 1. The second kappa shape index (κ2) is 8.82. The van der Waals surface area contributed by atoms with Crippen LogP contribution in [-0.4, -0.2) is 42.8 Å². The molecule has 6 aliphatic rings. The van der Waals surface area contributed by atoms with Gasteiger partial charge in [0, 0.05) is 30.1 Å². The zero-order chi connectivity index (χ0) is 23.5. The van der Waals surface area contributed by atoms with Crippen LogP contribution in [-0.2, 0) is 4.74 Å². The van der Waals surface area contributed by atoms with Crippen LogP contribution < -0.4 is 0 Å². The zero-order valence-corrected chi connectivity index (χ0v) is 21.8. The summed E-state index contributed by atoms with van der Waals surface area (Å²) in [5.41, 5.74) is 11.1. The Bertz CT molecular complexity index is 866. The van der Waals surface area contributed by atoms with Crippen LogP contribution in [0.15, 0.2) is 16.8 Å². The number of ether oxygens (including phenoxy) is 1. The summed E-state index contributed by atoms with van der Waals surface area (Å²) in [5, 5.41) is 3.64. The molecule has 34 heavy (non-hydrogen) atoms. The third kappa shape index (κ3) is 3.44. The fourth-order valence-corrected chi connectivity index (χ4v) is 10.7. The van der Waals surface area contributed by atoms with Crippen LogP contribution in [0.2, 0.25) is 0 Å². The van der Waals surface area contributed by atoms with Crippen molar-refractivity contribution in [3.05, 3.63) is 22.1 Å². The molecule has 3 saturated carbocycles. The Morgan fingerprint density at radius 3 is 2.88 bits per heavy atom. The molecule has 2 heterocycles. The monoisotopic (exact) mass is 466 g/mol. The normalized spacial score (nSPS) is 49.7. The largest absolute Gasteiger partial charge is 0.378 e. The minimum atomic E-state index is 0.360. The van der Waals surface area contributed by atoms with E-state index in [0.717, 1.165) is 61.1 Å². The van der Waals surface area contributed by atoms with Gasteiger partial charge in [-0.2, -0.15) is 0 Å². The van der Waals surface area contributed by atoms with Crippen molar-refractivity contribution in [1.29, 1.82) is 0 Å². The van der Waals surface area contributed by atoms with E-state index in [1.807, 2.05) is 0 Å². The van der Waals surface area contributed by atoms with Gasteiger partial charge in [0.2, 0.25) is 0 Å². The molecular weight excluding hydrogens is 420 g/mol. The van der Waals surface area contributed by atoms with Crippen molar-refractivity contribution in [1.82, 2.24) is 4.90 Å². The summed E-state index contributed by atoms with van der Waals surface area (Å²) in [6.45, 7) is 10.6. The molecule has 0 bridgehead atoms. The number of fused-ring (bicyclic) bond motifs is 9. The van der Waals surface area contributed by atoms with E-state index in [1.165, 1.54) is 64.3 Å². The second-order valence-electron chi connectivity index (χ2n) is 13.3. The van der Waals surface area contributed by atoms with Crippen LogP contribution in [0.5, 0.6) is 0 Å². The SMILES string of the molecule is C[C@@H]1C2CCCCN2C2CC3C4CC=C5C[C@@H](OCCCN=[N+]=[N-])CC[C@]5(C)C4CC[C@]3(C)C21. The van der Waals surface area contributed by atoms with E-state index < -0.39 is 0 Å². The van der Waals surface area contributed by atoms with Gasteiger partial charge in [-0.3, -0.25) is 4.90 Å². The zero-order valence-electron chi connectivity index (χ0n) is 21.8. The van der Waals surface area contributed by atoms with Gasteiger partial charge in [0.05, 0.1) is 6.10 Å². The maximum absolute atomic E-state index is 8.46. The molecule has 5 fully saturated rings. The van der Waals surface area contributed by atoms with Crippen LogP contribution >= 0.6 is 0 Å². The van der Waals surface area contributed by atoms with Crippen molar-refractivity contribution in [2.24, 2.45) is 45.5 Å². The molecule has 10 atom stereocenters. The molecule has 2 aliphatic heterocycles. The smallest absolute Gasteiger partial charge is 0.0612 e. The van der Waals surface area contributed by atoms with E-state index in [-0.39, 0.29) is 0 Å². The third-order valence-electron chi connectivity index (χ3n) is 12.2. The molecule has 2 saturated heterocycles. The lowest BCUT2D eigenvalue weighted by atomic mass is 9.47. The summed E-state index contributed by atoms with van der Waals surface area (Å²) in [4.78, 5) is 5.86. The number of azide groups is 1. The van der Waals surface area contributed by atoms with Gasteiger partial charge in [0.1, 0.15) is 0 Å². The van der Waals surface area contributed by atoms with Gasteiger partial charge in [0.15, 0.2) is 0 Å². The van der Waals surface area contributed by atoms with Crippen LogP contribution in [0, 0.1) is 40.4 Å². The van der Waals surface area contributed by atoms with Crippen LogP contribution in [0.1, 0.15) is 91.4 Å². The quantitative estimate of drug-likeness (QED) is 0.142. The summed E-state index contributed by atoms with van der Waals surface area (Å²) >= 11 is 0. The molecule has 0 aromatic carbocycles. The average Bonchev–Trinajstić information content (AvgIpc) is 3.31. The van der Waals surface area contributed by atoms with E-state index in [4.69, 9.17) is 10.3 Å². The number of nitrogens with zero attached hydrogens (tertiary/aromatic N) is 4. The van der Waals surface area contributed by atoms with Gasteiger partial charge in [-0.25, -0.2) is 0 Å². The summed E-state index contributed by atoms with van der Waals surface area (Å²) < 4.78 is 6.23. The van der Waals surface area contributed by atoms with E-state index in [2.05, 4.69) is 41.8 Å². The maximum Gasteiger partial charge on any atom is 0.0612 e. The Hall–Kier alpha value is -1.03. The highest BCUT2D eigenvalue weighted by atomic mass is 16.5. The third-order valence-corrected chi connectivity index (χ3v) is 12.2. The maximum atomic E-state index is 8.46. The second-order valence-corrected chi connectivity index (χ2v) is 13.3. The molecule has 0 amide bonds. The molecule has 0 N–H and O–H groups in total. The Morgan fingerprint density at radius 2 is 2.03 bits per heavy atom. The van der Waals surface area contributed by atoms with Gasteiger partial charge < -0.3 is 4.74 Å². The van der Waals surface area contributed by atoms with Crippen molar-refractivity contribution in [2.45, 2.75) is 110 Å². The Kier molecular flexibility index (Phi) is 6.06. The highest BCUT2D eigenvalue weighted by Crippen LogP contribution is 2.69. The number of allylic oxidation sites excluding steroid dienone is 1. The van der Waals surface area contributed by atoms with Gasteiger partial charge in [-0.1, -0.05) is 44.0 Å². The average molecular weight is 467 g/mol. The lowest BCUT2D eigenvalue weighted by Gasteiger charge is -2.58. The Balaban J connectivity index is 1.17. The first kappa shape index (κ1) is 23.4. The van der Waals surface area contributed by atoms with Crippen molar-refractivity contribution >= 4 is 0 Å². The molecule has 0 spiro atoms. The van der Waals surface area contributed by atoms with Crippen molar-refractivity contribution in [3.63, 3.8) is 0 Å². The van der Waals surface area contributed by atoms with Crippen molar-refractivity contribution < 1.29 is 4.74 Å². The minimum absolute atomic E-state index is 0.360. The molecular formula is C29H46N4O. The molecule has 6 unspecified atom stereocenters. The van der Waals surface area contributed by atoms with Gasteiger partial charge in [0.25, 0.3) is 0 Å². The van der Waals surface area contributed by atoms with Gasteiger partial charge in [-0.15, -0.1) is 0 Å². The number of rotatable bonds is 5. The lowest BCUT2D eigenvalue weighted by Crippen LogP contribution is -2.51. The molecule has 0 aromatic rings. The standard InChI is InChI=1S/C29H46N4O/c1-19-25-7-4-5-15-33(25)26-18-24-22-9-8-20-17-21(34-16-6-14-31-32-30)10-12-28(20,2)23(22)11-13-29(24,3)27(19)26/h8,19,21-27H,4-7,9-18H2,1-3H3/t19-,21+,22?,23?,24?,25?,26?,27?,28+,29+/m1/s1. The number of hydrogen-bond acceptors (Lipinski definition) is 3. The Morgan fingerprint density at radius 1 is 1.15 bits per heavy atom. The summed E-state index contributed by atoms with van der Waals surface area (Å²) in [6, 6.07) is 1.76. The first-order valence-electron chi connectivity index (χ1n) is 14.5. The molecule has 5 heteroatoms.